The van der Waals surface area contributed by atoms with Crippen molar-refractivity contribution in [2.45, 2.75) is 13.3 Å². The monoisotopic (exact) mass is 212 g/mol. The van der Waals surface area contributed by atoms with E-state index in [1.54, 1.807) is 6.08 Å². The van der Waals surface area contributed by atoms with Crippen LogP contribution >= 0.6 is 22.6 Å². The highest BCUT2D eigenvalue weighted by molar-refractivity contribution is 14.1. The molecule has 1 nitrogen and oxygen atoms in total. The van der Waals surface area contributed by atoms with E-state index in [4.69, 9.17) is 5.11 Å². The van der Waals surface area contributed by atoms with Crippen molar-refractivity contribution >= 4 is 22.6 Å². The first-order valence-corrected chi connectivity index (χ1v) is 3.34. The Hall–Kier alpha value is 0.430. The van der Waals surface area contributed by atoms with Crippen LogP contribution in [0.15, 0.2) is 9.66 Å². The number of hydrogen-bond acceptors (Lipinski definition) is 1. The van der Waals surface area contributed by atoms with E-state index in [0.717, 1.165) is 6.42 Å². The molecule has 0 aliphatic heterocycles. The van der Waals surface area contributed by atoms with E-state index in [-0.39, 0.29) is 6.61 Å². The number of rotatable bonds is 2. The van der Waals surface area contributed by atoms with Crippen molar-refractivity contribution in [2.75, 3.05) is 6.61 Å². The Morgan fingerprint density at radius 2 is 2.43 bits per heavy atom. The lowest BCUT2D eigenvalue weighted by Gasteiger charge is -1.85. The van der Waals surface area contributed by atoms with Crippen molar-refractivity contribution in [3.63, 3.8) is 0 Å². The molecule has 0 rings (SSSR count). The molecule has 0 fully saturated rings. The molecule has 0 aromatic heterocycles. The summed E-state index contributed by atoms with van der Waals surface area (Å²) in [5.74, 6) is 0. The van der Waals surface area contributed by atoms with Crippen molar-refractivity contribution < 1.29 is 5.11 Å². The van der Waals surface area contributed by atoms with Gasteiger partial charge in [0.25, 0.3) is 0 Å². The molecule has 0 atom stereocenters. The molecule has 0 saturated carbocycles. The van der Waals surface area contributed by atoms with Gasteiger partial charge in [0.15, 0.2) is 0 Å². The molecule has 0 saturated heterocycles. The molecule has 0 radical (unpaired) electrons. The van der Waals surface area contributed by atoms with E-state index in [2.05, 4.69) is 29.5 Å². The molecule has 0 bridgehead atoms. The van der Waals surface area contributed by atoms with Gasteiger partial charge in [-0.1, -0.05) is 6.92 Å². The molecular weight excluding hydrogens is 203 g/mol. The molecule has 0 aromatic rings. The largest absolute Gasteiger partial charge is 0.392 e. The molecule has 0 aliphatic rings. The second-order valence-corrected chi connectivity index (χ2v) is 2.57. The van der Waals surface area contributed by atoms with Crippen LogP contribution in [0, 0.1) is 0 Å². The van der Waals surface area contributed by atoms with E-state index in [9.17, 15) is 0 Å². The topological polar surface area (TPSA) is 20.2 Å². The SMILES string of the molecule is CC/C(I)=C/CO. The Balaban J connectivity index is 3.29. The average molecular weight is 212 g/mol. The van der Waals surface area contributed by atoms with Gasteiger partial charge in [-0.15, -0.1) is 0 Å². The van der Waals surface area contributed by atoms with Gasteiger partial charge in [0, 0.05) is 0 Å². The summed E-state index contributed by atoms with van der Waals surface area (Å²) in [6.07, 6.45) is 2.84. The van der Waals surface area contributed by atoms with Gasteiger partial charge < -0.3 is 5.11 Å². The fourth-order valence-electron chi connectivity index (χ4n) is 0.243. The smallest absolute Gasteiger partial charge is 0.0622 e. The fraction of sp³-hybridized carbons (Fsp3) is 0.600. The van der Waals surface area contributed by atoms with Gasteiger partial charge in [-0.3, -0.25) is 0 Å². The Kier molecular flexibility index (Phi) is 4.87. The van der Waals surface area contributed by atoms with E-state index < -0.39 is 0 Å². The highest BCUT2D eigenvalue weighted by Gasteiger charge is 1.79. The van der Waals surface area contributed by atoms with Crippen LogP contribution in [0.5, 0.6) is 0 Å². The minimum Gasteiger partial charge on any atom is -0.392 e. The Morgan fingerprint density at radius 3 is 2.57 bits per heavy atom. The molecular formula is C5H9IO. The molecule has 0 aromatic carbocycles. The van der Waals surface area contributed by atoms with Gasteiger partial charge in [-0.25, -0.2) is 0 Å². The maximum atomic E-state index is 8.29. The van der Waals surface area contributed by atoms with Crippen molar-refractivity contribution in [3.8, 4) is 0 Å². The van der Waals surface area contributed by atoms with Gasteiger partial charge in [0.1, 0.15) is 0 Å². The standard InChI is InChI=1S/C5H9IO/c1-2-5(6)3-4-7/h3,7H,2,4H2,1H3/b5-3-. The zero-order chi connectivity index (χ0) is 5.70. The van der Waals surface area contributed by atoms with E-state index in [1.165, 1.54) is 3.58 Å². The summed E-state index contributed by atoms with van der Waals surface area (Å²) < 4.78 is 1.22. The molecule has 0 spiro atoms. The van der Waals surface area contributed by atoms with Crippen molar-refractivity contribution in [3.05, 3.63) is 9.66 Å². The third-order valence-corrected chi connectivity index (χ3v) is 1.85. The Labute approximate surface area is 57.6 Å². The van der Waals surface area contributed by atoms with Crippen molar-refractivity contribution in [2.24, 2.45) is 0 Å². The summed E-state index contributed by atoms with van der Waals surface area (Å²) in [7, 11) is 0. The predicted molar refractivity (Wildman–Crippen MR) is 39.5 cm³/mol. The Bertz CT molecular complexity index is 68.5. The van der Waals surface area contributed by atoms with Crippen LogP contribution in [-0.4, -0.2) is 11.7 Å². The van der Waals surface area contributed by atoms with Gasteiger partial charge in [0.05, 0.1) is 6.61 Å². The van der Waals surface area contributed by atoms with Crippen LogP contribution in [0.25, 0.3) is 0 Å². The summed E-state index contributed by atoms with van der Waals surface area (Å²) in [5, 5.41) is 8.29. The Morgan fingerprint density at radius 1 is 1.86 bits per heavy atom. The first kappa shape index (κ1) is 7.43. The van der Waals surface area contributed by atoms with Crippen LogP contribution in [0.4, 0.5) is 0 Å². The summed E-state index contributed by atoms with van der Waals surface area (Å²) in [6, 6.07) is 0. The molecule has 42 valence electrons. The van der Waals surface area contributed by atoms with E-state index >= 15 is 0 Å². The number of allylic oxidation sites excluding steroid dienone is 1. The number of hydrogen-bond donors (Lipinski definition) is 1. The highest BCUT2D eigenvalue weighted by atomic mass is 127. The molecule has 1 N–H and O–H groups in total. The zero-order valence-corrected chi connectivity index (χ0v) is 6.47. The summed E-state index contributed by atoms with van der Waals surface area (Å²) in [6.45, 7) is 2.24. The predicted octanol–water partition coefficient (Wildman–Crippen LogP) is 1.71. The highest BCUT2D eigenvalue weighted by Crippen LogP contribution is 2.07. The van der Waals surface area contributed by atoms with Gasteiger partial charge in [-0.05, 0) is 38.7 Å². The molecule has 0 unspecified atom stereocenters. The second-order valence-electron chi connectivity index (χ2n) is 1.19. The van der Waals surface area contributed by atoms with E-state index in [1.807, 2.05) is 0 Å². The van der Waals surface area contributed by atoms with Crippen LogP contribution in [-0.2, 0) is 0 Å². The van der Waals surface area contributed by atoms with Crippen molar-refractivity contribution in [1.82, 2.24) is 0 Å². The molecule has 0 amide bonds. The quantitative estimate of drug-likeness (QED) is 0.690. The molecule has 0 aliphatic carbocycles. The third kappa shape index (κ3) is 4.28. The third-order valence-electron chi connectivity index (χ3n) is 0.651. The number of halogens is 1. The van der Waals surface area contributed by atoms with Crippen LogP contribution in [0.3, 0.4) is 0 Å². The van der Waals surface area contributed by atoms with Gasteiger partial charge in [-0.2, -0.15) is 0 Å². The first-order valence-electron chi connectivity index (χ1n) is 2.26. The molecule has 0 heterocycles. The lowest BCUT2D eigenvalue weighted by Crippen LogP contribution is -1.72. The summed E-state index contributed by atoms with van der Waals surface area (Å²) in [4.78, 5) is 0. The number of aliphatic hydroxyl groups is 1. The summed E-state index contributed by atoms with van der Waals surface area (Å²) >= 11 is 2.21. The van der Waals surface area contributed by atoms with Crippen LogP contribution in [0.2, 0.25) is 0 Å². The van der Waals surface area contributed by atoms with Gasteiger partial charge >= 0.3 is 0 Å². The zero-order valence-electron chi connectivity index (χ0n) is 4.32. The maximum absolute atomic E-state index is 8.29. The second kappa shape index (κ2) is 4.59. The van der Waals surface area contributed by atoms with E-state index in [0.29, 0.717) is 0 Å². The normalized spacial score (nSPS) is 12.1. The summed E-state index contributed by atoms with van der Waals surface area (Å²) in [5.41, 5.74) is 0. The van der Waals surface area contributed by atoms with Crippen molar-refractivity contribution in [1.29, 1.82) is 0 Å². The lowest BCUT2D eigenvalue weighted by atomic mass is 10.4. The lowest BCUT2D eigenvalue weighted by molar-refractivity contribution is 0.342. The van der Waals surface area contributed by atoms with Crippen LogP contribution in [0.1, 0.15) is 13.3 Å². The maximum Gasteiger partial charge on any atom is 0.0622 e. The molecule has 2 heteroatoms. The fourth-order valence-corrected chi connectivity index (χ4v) is 0.440. The van der Waals surface area contributed by atoms with Gasteiger partial charge in [0.2, 0.25) is 0 Å². The first-order chi connectivity index (χ1) is 3.31. The minimum absolute atomic E-state index is 0.173. The molecule has 7 heavy (non-hydrogen) atoms. The minimum atomic E-state index is 0.173. The van der Waals surface area contributed by atoms with Crippen LogP contribution < -0.4 is 0 Å². The number of aliphatic hydroxyl groups excluding tert-OH is 1. The average Bonchev–Trinajstić information content (AvgIpc) is 1.68.